The van der Waals surface area contributed by atoms with Crippen molar-refractivity contribution in [1.82, 2.24) is 5.32 Å². The van der Waals surface area contributed by atoms with E-state index in [-0.39, 0.29) is 11.9 Å². The Morgan fingerprint density at radius 2 is 2.20 bits per heavy atom. The van der Waals surface area contributed by atoms with Gasteiger partial charge in [-0.2, -0.15) is 0 Å². The van der Waals surface area contributed by atoms with E-state index in [0.717, 1.165) is 5.56 Å². The van der Waals surface area contributed by atoms with Crippen molar-refractivity contribution >= 4 is 17.6 Å². The van der Waals surface area contributed by atoms with Crippen LogP contribution in [0.25, 0.3) is 0 Å². The first-order valence-electron chi connectivity index (χ1n) is 4.51. The summed E-state index contributed by atoms with van der Waals surface area (Å²) in [4.78, 5) is 14.6. The summed E-state index contributed by atoms with van der Waals surface area (Å²) < 4.78 is 0. The molecular weight excluding hydrogens is 192 g/mol. The van der Waals surface area contributed by atoms with Crippen molar-refractivity contribution in [3.63, 3.8) is 0 Å². The Bertz CT molecular complexity index is 383. The van der Waals surface area contributed by atoms with E-state index in [0.29, 0.717) is 12.2 Å². The first kappa shape index (κ1) is 11.0. The second kappa shape index (κ2) is 4.99. The number of rotatable bonds is 3. The van der Waals surface area contributed by atoms with Crippen LogP contribution in [-0.4, -0.2) is 11.9 Å². The van der Waals surface area contributed by atoms with Crippen LogP contribution in [0.1, 0.15) is 12.5 Å². The largest absolute Gasteiger partial charge is 0.370 e. The zero-order valence-electron chi connectivity index (χ0n) is 8.53. The van der Waals surface area contributed by atoms with Gasteiger partial charge in [-0.3, -0.25) is 4.79 Å². The van der Waals surface area contributed by atoms with Crippen molar-refractivity contribution in [2.75, 3.05) is 0 Å². The van der Waals surface area contributed by atoms with Crippen LogP contribution >= 0.6 is 0 Å². The van der Waals surface area contributed by atoms with Crippen molar-refractivity contribution < 1.29 is 4.79 Å². The van der Waals surface area contributed by atoms with Crippen LogP contribution in [0.15, 0.2) is 29.3 Å². The molecule has 1 aromatic rings. The van der Waals surface area contributed by atoms with Gasteiger partial charge in [-0.05, 0) is 17.7 Å². The summed E-state index contributed by atoms with van der Waals surface area (Å²) in [6.45, 7) is 1.95. The van der Waals surface area contributed by atoms with E-state index in [1.807, 2.05) is 18.2 Å². The summed E-state index contributed by atoms with van der Waals surface area (Å²) in [7, 11) is 0. The highest BCUT2D eigenvalue weighted by Gasteiger charge is 1.96. The SMILES string of the molecule is CC(=O)NCc1cccc(N=C(N)N)c1. The molecule has 0 atom stereocenters. The Hall–Kier alpha value is -2.04. The lowest BCUT2D eigenvalue weighted by molar-refractivity contribution is -0.119. The Kier molecular flexibility index (Phi) is 3.68. The fraction of sp³-hybridized carbons (Fsp3) is 0.200. The van der Waals surface area contributed by atoms with Gasteiger partial charge in [0, 0.05) is 13.5 Å². The second-order valence-electron chi connectivity index (χ2n) is 3.12. The molecule has 15 heavy (non-hydrogen) atoms. The quantitative estimate of drug-likeness (QED) is 0.488. The van der Waals surface area contributed by atoms with Gasteiger partial charge >= 0.3 is 0 Å². The average Bonchev–Trinajstić information content (AvgIpc) is 2.14. The molecular formula is C10H14N4O. The van der Waals surface area contributed by atoms with Gasteiger partial charge in [0.1, 0.15) is 0 Å². The molecule has 0 fully saturated rings. The highest BCUT2D eigenvalue weighted by atomic mass is 16.1. The molecule has 1 rings (SSSR count). The third kappa shape index (κ3) is 4.12. The van der Waals surface area contributed by atoms with Crippen molar-refractivity contribution in [1.29, 1.82) is 0 Å². The van der Waals surface area contributed by atoms with E-state index in [2.05, 4.69) is 10.3 Å². The Labute approximate surface area is 88.2 Å². The van der Waals surface area contributed by atoms with Crippen LogP contribution in [0.2, 0.25) is 0 Å². The molecule has 0 aliphatic heterocycles. The fourth-order valence-electron chi connectivity index (χ4n) is 1.11. The van der Waals surface area contributed by atoms with Gasteiger partial charge in [-0.25, -0.2) is 4.99 Å². The van der Waals surface area contributed by atoms with Crippen molar-refractivity contribution in [2.45, 2.75) is 13.5 Å². The molecule has 0 saturated carbocycles. The number of benzene rings is 1. The molecule has 0 aliphatic rings. The van der Waals surface area contributed by atoms with Crippen LogP contribution < -0.4 is 16.8 Å². The summed E-state index contributed by atoms with van der Waals surface area (Å²) in [6, 6.07) is 7.33. The number of carbonyl (C=O) groups excluding carboxylic acids is 1. The number of nitrogens with zero attached hydrogens (tertiary/aromatic N) is 1. The van der Waals surface area contributed by atoms with Gasteiger partial charge in [-0.1, -0.05) is 12.1 Å². The number of guanidine groups is 1. The molecule has 0 spiro atoms. The molecule has 0 aromatic heterocycles. The Balaban J connectivity index is 2.74. The van der Waals surface area contributed by atoms with E-state index >= 15 is 0 Å². The molecule has 0 saturated heterocycles. The number of hydrogen-bond acceptors (Lipinski definition) is 2. The smallest absolute Gasteiger partial charge is 0.217 e. The normalized spacial score (nSPS) is 9.40. The number of amides is 1. The van der Waals surface area contributed by atoms with Gasteiger partial charge in [0.15, 0.2) is 5.96 Å². The molecule has 0 aliphatic carbocycles. The van der Waals surface area contributed by atoms with Crippen LogP contribution in [0.4, 0.5) is 5.69 Å². The van der Waals surface area contributed by atoms with E-state index < -0.39 is 0 Å². The zero-order valence-corrected chi connectivity index (χ0v) is 8.53. The highest BCUT2D eigenvalue weighted by molar-refractivity contribution is 5.79. The third-order valence-corrected chi connectivity index (χ3v) is 1.71. The molecule has 0 radical (unpaired) electrons. The molecule has 0 heterocycles. The van der Waals surface area contributed by atoms with Gasteiger partial charge in [-0.15, -0.1) is 0 Å². The topological polar surface area (TPSA) is 93.5 Å². The van der Waals surface area contributed by atoms with Crippen molar-refractivity contribution in [2.24, 2.45) is 16.5 Å². The lowest BCUT2D eigenvalue weighted by atomic mass is 10.2. The van der Waals surface area contributed by atoms with Crippen molar-refractivity contribution in [3.05, 3.63) is 29.8 Å². The van der Waals surface area contributed by atoms with Gasteiger partial charge in [0.25, 0.3) is 0 Å². The monoisotopic (exact) mass is 206 g/mol. The fourth-order valence-corrected chi connectivity index (χ4v) is 1.11. The summed E-state index contributed by atoms with van der Waals surface area (Å²) >= 11 is 0. The maximum absolute atomic E-state index is 10.7. The van der Waals surface area contributed by atoms with Crippen LogP contribution in [-0.2, 0) is 11.3 Å². The molecule has 5 nitrogen and oxygen atoms in total. The maximum Gasteiger partial charge on any atom is 0.217 e. The minimum Gasteiger partial charge on any atom is -0.370 e. The number of hydrogen-bond donors (Lipinski definition) is 3. The van der Waals surface area contributed by atoms with E-state index in [1.165, 1.54) is 6.92 Å². The predicted octanol–water partition coefficient (Wildman–Crippen LogP) is 0.228. The first-order valence-corrected chi connectivity index (χ1v) is 4.51. The standard InChI is InChI=1S/C10H14N4O/c1-7(15)13-6-8-3-2-4-9(5-8)14-10(11)12/h2-5H,6H2,1H3,(H,13,15)(H4,11,12,14). The molecule has 5 heteroatoms. The van der Waals surface area contributed by atoms with E-state index in [4.69, 9.17) is 11.5 Å². The van der Waals surface area contributed by atoms with Crippen LogP contribution in [0.5, 0.6) is 0 Å². The average molecular weight is 206 g/mol. The second-order valence-corrected chi connectivity index (χ2v) is 3.12. The number of nitrogens with one attached hydrogen (secondary N) is 1. The minimum atomic E-state index is -0.0674. The minimum absolute atomic E-state index is 0.0201. The van der Waals surface area contributed by atoms with Gasteiger partial charge in [0.05, 0.1) is 5.69 Å². The zero-order chi connectivity index (χ0) is 11.3. The molecule has 0 bridgehead atoms. The number of carbonyl (C=O) groups is 1. The summed E-state index contributed by atoms with van der Waals surface area (Å²) in [5.74, 6) is -0.0473. The van der Waals surface area contributed by atoms with Gasteiger partial charge < -0.3 is 16.8 Å². The molecule has 5 N–H and O–H groups in total. The lowest BCUT2D eigenvalue weighted by Gasteiger charge is -2.03. The molecule has 1 aromatic carbocycles. The first-order chi connectivity index (χ1) is 7.08. The predicted molar refractivity (Wildman–Crippen MR) is 59.4 cm³/mol. The molecule has 80 valence electrons. The summed E-state index contributed by atoms with van der Waals surface area (Å²) in [5.41, 5.74) is 12.1. The van der Waals surface area contributed by atoms with E-state index in [9.17, 15) is 4.79 Å². The number of aliphatic imine (C=N–C) groups is 1. The lowest BCUT2D eigenvalue weighted by Crippen LogP contribution is -2.22. The maximum atomic E-state index is 10.7. The number of nitrogens with two attached hydrogens (primary N) is 2. The molecule has 1 amide bonds. The Morgan fingerprint density at radius 3 is 2.80 bits per heavy atom. The van der Waals surface area contributed by atoms with Gasteiger partial charge in [0.2, 0.25) is 5.91 Å². The Morgan fingerprint density at radius 1 is 1.47 bits per heavy atom. The summed E-state index contributed by atoms with van der Waals surface area (Å²) in [5, 5.41) is 2.69. The molecule has 0 unspecified atom stereocenters. The van der Waals surface area contributed by atoms with E-state index in [1.54, 1.807) is 6.07 Å². The van der Waals surface area contributed by atoms with Crippen molar-refractivity contribution in [3.8, 4) is 0 Å². The summed E-state index contributed by atoms with van der Waals surface area (Å²) in [6.07, 6.45) is 0. The van der Waals surface area contributed by atoms with Crippen LogP contribution in [0, 0.1) is 0 Å². The highest BCUT2D eigenvalue weighted by Crippen LogP contribution is 2.13. The third-order valence-electron chi connectivity index (χ3n) is 1.71. The van der Waals surface area contributed by atoms with Crippen LogP contribution in [0.3, 0.4) is 0 Å².